The van der Waals surface area contributed by atoms with Gasteiger partial charge in [0.1, 0.15) is 0 Å². The van der Waals surface area contributed by atoms with Crippen LogP contribution in [0, 0.1) is 0 Å². The van der Waals surface area contributed by atoms with Crippen LogP contribution in [-0.2, 0) is 14.2 Å². The van der Waals surface area contributed by atoms with E-state index in [1.807, 2.05) is 0 Å². The van der Waals surface area contributed by atoms with Gasteiger partial charge in [-0.1, -0.05) is 87.8 Å². The molecule has 16 heavy (non-hydrogen) atoms. The maximum Gasteiger partial charge on any atom is 0.216 e. The van der Waals surface area contributed by atoms with Crippen molar-refractivity contribution in [2.45, 2.75) is 14.2 Å². The highest BCUT2D eigenvalue weighted by Gasteiger charge is 2.32. The predicted molar refractivity (Wildman–Crippen MR) is 70.8 cm³/mol. The third kappa shape index (κ3) is 3.46. The van der Waals surface area contributed by atoms with Crippen molar-refractivity contribution in [2.75, 3.05) is 0 Å². The van der Waals surface area contributed by atoms with Gasteiger partial charge in [-0.3, -0.25) is 0 Å². The van der Waals surface area contributed by atoms with Crippen LogP contribution in [0.15, 0.2) is 18.2 Å². The van der Waals surface area contributed by atoms with Crippen molar-refractivity contribution < 1.29 is 5.11 Å². The molecule has 0 heterocycles. The van der Waals surface area contributed by atoms with Crippen molar-refractivity contribution in [1.82, 2.24) is 0 Å². The Morgan fingerprint density at radius 1 is 0.875 bits per heavy atom. The molecule has 0 aliphatic heterocycles. The first-order valence-corrected chi connectivity index (χ1v) is 6.32. The lowest BCUT2D eigenvalue weighted by atomic mass is 10.0. The van der Waals surface area contributed by atoms with Crippen molar-refractivity contribution in [3.8, 4) is 0 Å². The average molecular weight is 343 g/mol. The minimum atomic E-state index is -1.68. The average Bonchev–Trinajstić information content (AvgIpc) is 2.13. The molecule has 90 valence electrons. The Bertz CT molecular complexity index is 346. The molecule has 0 atom stereocenters. The van der Waals surface area contributed by atoms with Gasteiger partial charge in [-0.2, -0.15) is 0 Å². The van der Waals surface area contributed by atoms with Gasteiger partial charge in [-0.15, -0.1) is 0 Å². The fraction of sp³-hybridized carbons (Fsp3) is 0.333. The van der Waals surface area contributed by atoms with Crippen LogP contribution in [0.25, 0.3) is 0 Å². The van der Waals surface area contributed by atoms with E-state index in [1.165, 1.54) is 0 Å². The van der Waals surface area contributed by atoms with Crippen molar-refractivity contribution in [3.63, 3.8) is 0 Å². The second-order valence-electron chi connectivity index (χ2n) is 2.99. The summed E-state index contributed by atoms with van der Waals surface area (Å²) in [5.74, 6) is 0. The van der Waals surface area contributed by atoms with Crippen LogP contribution in [0.3, 0.4) is 0 Å². The van der Waals surface area contributed by atoms with Gasteiger partial charge in [0, 0.05) is 11.1 Å². The fourth-order valence-electron chi connectivity index (χ4n) is 1.29. The molecule has 0 saturated heterocycles. The van der Waals surface area contributed by atoms with E-state index in [4.69, 9.17) is 69.6 Å². The number of benzene rings is 1. The number of halogens is 6. The minimum Gasteiger partial charge on any atom is -0.392 e. The number of hydrogen-bond acceptors (Lipinski definition) is 1. The Kier molecular flexibility index (Phi) is 4.94. The maximum atomic E-state index is 9.27. The first kappa shape index (κ1) is 15.0. The number of hydrogen-bond donors (Lipinski definition) is 1. The van der Waals surface area contributed by atoms with E-state index in [-0.39, 0.29) is 6.61 Å². The van der Waals surface area contributed by atoms with E-state index < -0.39 is 7.59 Å². The Hall–Kier alpha value is 0.920. The Morgan fingerprint density at radius 2 is 1.25 bits per heavy atom. The largest absolute Gasteiger partial charge is 0.392 e. The van der Waals surface area contributed by atoms with Gasteiger partial charge >= 0.3 is 0 Å². The van der Waals surface area contributed by atoms with E-state index in [9.17, 15) is 5.11 Å². The van der Waals surface area contributed by atoms with Gasteiger partial charge in [-0.25, -0.2) is 0 Å². The molecule has 7 heteroatoms. The Balaban J connectivity index is 3.45. The van der Waals surface area contributed by atoms with E-state index in [2.05, 4.69) is 0 Å². The molecule has 1 N–H and O–H groups in total. The number of aliphatic hydroxyl groups excluding tert-OH is 1. The zero-order valence-electron chi connectivity index (χ0n) is 7.65. The first-order valence-electron chi connectivity index (χ1n) is 4.05. The lowest BCUT2D eigenvalue weighted by molar-refractivity contribution is 0.279. The van der Waals surface area contributed by atoms with Gasteiger partial charge < -0.3 is 5.11 Å². The van der Waals surface area contributed by atoms with Gasteiger partial charge in [0.15, 0.2) is 0 Å². The first-order chi connectivity index (χ1) is 7.18. The van der Waals surface area contributed by atoms with Gasteiger partial charge in [0.2, 0.25) is 7.59 Å². The molecule has 1 nitrogen and oxygen atoms in total. The molecule has 0 bridgehead atoms. The third-order valence-corrected chi connectivity index (χ3v) is 3.17. The fourth-order valence-corrected chi connectivity index (χ4v) is 2.35. The molecule has 1 rings (SSSR count). The summed E-state index contributed by atoms with van der Waals surface area (Å²) >= 11 is 34.5. The SMILES string of the molecule is OCc1c(C(Cl)(Cl)Cl)cccc1C(Cl)(Cl)Cl. The topological polar surface area (TPSA) is 20.2 Å². The molecule has 0 amide bonds. The molecule has 1 aromatic carbocycles. The number of alkyl halides is 6. The lowest BCUT2D eigenvalue weighted by Crippen LogP contribution is -2.12. The van der Waals surface area contributed by atoms with Gasteiger partial charge in [0.05, 0.1) is 6.61 Å². The van der Waals surface area contributed by atoms with Crippen molar-refractivity contribution in [1.29, 1.82) is 0 Å². The normalized spacial score (nSPS) is 12.9. The van der Waals surface area contributed by atoms with E-state index in [0.717, 1.165) is 0 Å². The quantitative estimate of drug-likeness (QED) is 0.724. The van der Waals surface area contributed by atoms with Crippen LogP contribution in [0.1, 0.15) is 16.7 Å². The van der Waals surface area contributed by atoms with Crippen LogP contribution in [0.4, 0.5) is 0 Å². The van der Waals surface area contributed by atoms with E-state index in [0.29, 0.717) is 16.7 Å². The van der Waals surface area contributed by atoms with Crippen LogP contribution < -0.4 is 0 Å². The molecule has 0 fully saturated rings. The highest BCUT2D eigenvalue weighted by Crippen LogP contribution is 2.46. The van der Waals surface area contributed by atoms with Crippen molar-refractivity contribution >= 4 is 69.6 Å². The highest BCUT2D eigenvalue weighted by molar-refractivity contribution is 6.67. The van der Waals surface area contributed by atoms with Crippen LogP contribution in [-0.4, -0.2) is 5.11 Å². The second kappa shape index (κ2) is 5.27. The monoisotopic (exact) mass is 340 g/mol. The van der Waals surface area contributed by atoms with Crippen LogP contribution in [0.2, 0.25) is 0 Å². The predicted octanol–water partition coefficient (Wildman–Crippen LogP) is 4.83. The molecule has 0 aliphatic carbocycles. The molecule has 0 spiro atoms. The molecular formula is C9H6Cl6O. The molecule has 1 aromatic rings. The molecule has 0 saturated carbocycles. The third-order valence-electron chi connectivity index (χ3n) is 1.94. The molecule has 0 aliphatic rings. The molecule has 0 radical (unpaired) electrons. The van der Waals surface area contributed by atoms with Crippen LogP contribution in [0.5, 0.6) is 0 Å². The zero-order valence-corrected chi connectivity index (χ0v) is 12.2. The number of aliphatic hydroxyl groups is 1. The molecular weight excluding hydrogens is 337 g/mol. The van der Waals surface area contributed by atoms with Gasteiger partial charge in [0.25, 0.3) is 0 Å². The Labute approximate surface area is 123 Å². The lowest BCUT2D eigenvalue weighted by Gasteiger charge is -2.21. The smallest absolute Gasteiger partial charge is 0.216 e. The standard InChI is InChI=1S/C9H6Cl6O/c10-8(11,12)6-2-1-3-7(5(6)4-16)9(13,14)15/h1-3,16H,4H2. The zero-order chi connectivity index (χ0) is 12.6. The van der Waals surface area contributed by atoms with Gasteiger partial charge in [-0.05, 0) is 5.56 Å². The summed E-state index contributed by atoms with van der Waals surface area (Å²) in [5, 5.41) is 9.27. The summed E-state index contributed by atoms with van der Waals surface area (Å²) < 4.78 is -3.35. The molecule has 0 aromatic heterocycles. The summed E-state index contributed by atoms with van der Waals surface area (Å²) in [7, 11) is 0. The van der Waals surface area contributed by atoms with Crippen molar-refractivity contribution in [3.05, 3.63) is 34.9 Å². The van der Waals surface area contributed by atoms with Crippen molar-refractivity contribution in [2.24, 2.45) is 0 Å². The van der Waals surface area contributed by atoms with E-state index >= 15 is 0 Å². The minimum absolute atomic E-state index is 0.295. The van der Waals surface area contributed by atoms with Crippen LogP contribution >= 0.6 is 69.6 Å². The highest BCUT2D eigenvalue weighted by atomic mass is 35.6. The maximum absolute atomic E-state index is 9.27. The summed E-state index contributed by atoms with van der Waals surface area (Å²) in [6.45, 7) is -0.382. The summed E-state index contributed by atoms with van der Waals surface area (Å²) in [4.78, 5) is 0. The second-order valence-corrected chi connectivity index (χ2v) is 7.55. The summed E-state index contributed by atoms with van der Waals surface area (Å²) in [6, 6.07) is 4.70. The molecule has 0 unspecified atom stereocenters. The van der Waals surface area contributed by atoms with E-state index in [1.54, 1.807) is 18.2 Å². The Morgan fingerprint density at radius 3 is 1.50 bits per heavy atom. The summed E-state index contributed by atoms with van der Waals surface area (Å²) in [5.41, 5.74) is 0.898. The summed E-state index contributed by atoms with van der Waals surface area (Å²) in [6.07, 6.45) is 0. The number of rotatable bonds is 1.